The molecule has 0 radical (unpaired) electrons. The monoisotopic (exact) mass is 333 g/mol. The molecular formula is C15H12ClN3O2S. The van der Waals surface area contributed by atoms with E-state index in [1.54, 1.807) is 12.1 Å². The minimum atomic E-state index is -0.104. The van der Waals surface area contributed by atoms with Crippen LogP contribution in [-0.4, -0.2) is 23.4 Å². The summed E-state index contributed by atoms with van der Waals surface area (Å²) in [5.74, 6) is 0.217. The molecular weight excluding hydrogens is 322 g/mol. The Labute approximate surface area is 135 Å². The molecule has 3 aromatic rings. The first-order chi connectivity index (χ1) is 10.7. The number of hydrogen-bond acceptors (Lipinski definition) is 6. The Bertz CT molecular complexity index is 815. The van der Waals surface area contributed by atoms with Crippen molar-refractivity contribution in [3.63, 3.8) is 0 Å². The lowest BCUT2D eigenvalue weighted by Gasteiger charge is -2.06. The topological polar surface area (TPSA) is 66.7 Å². The number of rotatable bonds is 4. The minimum Gasteiger partial charge on any atom is -0.503 e. The Morgan fingerprint density at radius 2 is 2.14 bits per heavy atom. The van der Waals surface area contributed by atoms with E-state index in [9.17, 15) is 5.11 Å². The molecule has 0 aliphatic heterocycles. The van der Waals surface area contributed by atoms with Crippen molar-refractivity contribution in [1.82, 2.24) is 4.98 Å². The highest BCUT2D eigenvalue weighted by Gasteiger charge is 2.09. The SMILES string of the molecule is COc1ccc(/C=N\Nc2nc3ccccc3s2)c(Cl)c1O. The smallest absolute Gasteiger partial charge is 0.204 e. The fraction of sp³-hybridized carbons (Fsp3) is 0.0667. The number of phenols is 1. The standard InChI is InChI=1S/C15H12ClN3O2S/c1-21-11-7-6-9(13(16)14(11)20)8-17-19-15-18-10-4-2-3-5-12(10)22-15/h2-8,20H,1H3,(H,18,19)/b17-8-. The summed E-state index contributed by atoms with van der Waals surface area (Å²) in [5.41, 5.74) is 4.36. The van der Waals surface area contributed by atoms with Crippen LogP contribution in [0.25, 0.3) is 10.2 Å². The first-order valence-electron chi connectivity index (χ1n) is 6.39. The highest BCUT2D eigenvalue weighted by Crippen LogP contribution is 2.35. The number of benzene rings is 2. The predicted molar refractivity (Wildman–Crippen MR) is 90.5 cm³/mol. The molecule has 0 saturated carbocycles. The van der Waals surface area contributed by atoms with E-state index in [2.05, 4.69) is 15.5 Å². The second-order valence-electron chi connectivity index (χ2n) is 4.38. The highest BCUT2D eigenvalue weighted by molar-refractivity contribution is 7.22. The summed E-state index contributed by atoms with van der Waals surface area (Å²) in [7, 11) is 1.47. The third-order valence-corrected chi connectivity index (χ3v) is 4.32. The summed E-state index contributed by atoms with van der Waals surface area (Å²) in [6, 6.07) is 11.2. The maximum atomic E-state index is 9.84. The molecule has 3 rings (SSSR count). The van der Waals surface area contributed by atoms with Gasteiger partial charge in [-0.3, -0.25) is 5.43 Å². The number of aromatic hydroxyl groups is 1. The van der Waals surface area contributed by atoms with Gasteiger partial charge in [0.15, 0.2) is 11.5 Å². The van der Waals surface area contributed by atoms with Gasteiger partial charge in [0.25, 0.3) is 0 Å². The molecule has 1 heterocycles. The molecule has 0 spiro atoms. The third kappa shape index (κ3) is 2.84. The third-order valence-electron chi connectivity index (χ3n) is 2.99. The number of thiazole rings is 1. The van der Waals surface area contributed by atoms with E-state index in [1.165, 1.54) is 24.7 Å². The van der Waals surface area contributed by atoms with Crippen molar-refractivity contribution >= 4 is 44.5 Å². The summed E-state index contributed by atoms with van der Waals surface area (Å²) >= 11 is 7.57. The average Bonchev–Trinajstić information content (AvgIpc) is 2.94. The lowest BCUT2D eigenvalue weighted by atomic mass is 10.2. The van der Waals surface area contributed by atoms with Gasteiger partial charge in [0.1, 0.15) is 0 Å². The van der Waals surface area contributed by atoms with Crippen molar-refractivity contribution in [3.05, 3.63) is 47.0 Å². The Hall–Kier alpha value is -2.31. The molecule has 0 unspecified atom stereocenters. The Kier molecular flexibility index (Phi) is 4.13. The van der Waals surface area contributed by atoms with Crippen LogP contribution in [-0.2, 0) is 0 Å². The van der Waals surface area contributed by atoms with E-state index in [4.69, 9.17) is 16.3 Å². The fourth-order valence-corrected chi connectivity index (χ4v) is 2.92. The summed E-state index contributed by atoms with van der Waals surface area (Å²) in [5, 5.41) is 14.8. The molecule has 112 valence electrons. The number of halogens is 1. The number of hydrogen-bond donors (Lipinski definition) is 2. The van der Waals surface area contributed by atoms with Gasteiger partial charge in [-0.25, -0.2) is 4.98 Å². The molecule has 2 aromatic carbocycles. The zero-order valence-corrected chi connectivity index (χ0v) is 13.1. The largest absolute Gasteiger partial charge is 0.503 e. The molecule has 0 atom stereocenters. The van der Waals surface area contributed by atoms with E-state index in [1.807, 2.05) is 24.3 Å². The van der Waals surface area contributed by atoms with E-state index in [0.29, 0.717) is 16.4 Å². The van der Waals surface area contributed by atoms with Gasteiger partial charge in [-0.05, 0) is 24.3 Å². The van der Waals surface area contributed by atoms with E-state index in [0.717, 1.165) is 10.2 Å². The van der Waals surface area contributed by atoms with Crippen LogP contribution in [0.4, 0.5) is 5.13 Å². The van der Waals surface area contributed by atoms with Crippen molar-refractivity contribution in [2.45, 2.75) is 0 Å². The number of nitrogens with one attached hydrogen (secondary N) is 1. The number of para-hydroxylation sites is 1. The fourth-order valence-electron chi connectivity index (χ4n) is 1.90. The van der Waals surface area contributed by atoms with Crippen LogP contribution in [0, 0.1) is 0 Å². The quantitative estimate of drug-likeness (QED) is 0.557. The van der Waals surface area contributed by atoms with Gasteiger partial charge in [-0.1, -0.05) is 35.1 Å². The molecule has 22 heavy (non-hydrogen) atoms. The minimum absolute atomic E-state index is 0.104. The summed E-state index contributed by atoms with van der Waals surface area (Å²) in [6.07, 6.45) is 1.52. The summed E-state index contributed by atoms with van der Waals surface area (Å²) in [6.45, 7) is 0. The summed E-state index contributed by atoms with van der Waals surface area (Å²) < 4.78 is 6.07. The maximum absolute atomic E-state index is 9.84. The lowest BCUT2D eigenvalue weighted by Crippen LogP contribution is -1.92. The number of fused-ring (bicyclic) bond motifs is 1. The first kappa shape index (κ1) is 14.6. The van der Waals surface area contributed by atoms with Gasteiger partial charge in [-0.2, -0.15) is 5.10 Å². The average molecular weight is 334 g/mol. The maximum Gasteiger partial charge on any atom is 0.204 e. The lowest BCUT2D eigenvalue weighted by molar-refractivity contribution is 0.373. The first-order valence-corrected chi connectivity index (χ1v) is 7.58. The van der Waals surface area contributed by atoms with Gasteiger partial charge in [0.2, 0.25) is 5.13 Å². The molecule has 0 saturated heterocycles. The van der Waals surface area contributed by atoms with Crippen molar-refractivity contribution in [2.24, 2.45) is 5.10 Å². The van der Waals surface area contributed by atoms with Crippen molar-refractivity contribution < 1.29 is 9.84 Å². The molecule has 1 aromatic heterocycles. The number of phenolic OH excluding ortho intramolecular Hbond substituents is 1. The van der Waals surface area contributed by atoms with Crippen LogP contribution in [0.1, 0.15) is 5.56 Å². The predicted octanol–water partition coefficient (Wildman–Crippen LogP) is 4.11. The number of nitrogens with zero attached hydrogens (tertiary/aromatic N) is 2. The number of ether oxygens (including phenoxy) is 1. The zero-order chi connectivity index (χ0) is 15.5. The summed E-state index contributed by atoms with van der Waals surface area (Å²) in [4.78, 5) is 4.40. The van der Waals surface area contributed by atoms with Crippen molar-refractivity contribution in [2.75, 3.05) is 12.5 Å². The normalized spacial score (nSPS) is 11.2. The van der Waals surface area contributed by atoms with Gasteiger partial charge in [0.05, 0.1) is 28.6 Å². The molecule has 0 amide bonds. The number of anilines is 1. The van der Waals surface area contributed by atoms with Crippen molar-refractivity contribution in [3.8, 4) is 11.5 Å². The highest BCUT2D eigenvalue weighted by atomic mass is 35.5. The van der Waals surface area contributed by atoms with E-state index in [-0.39, 0.29) is 10.8 Å². The van der Waals surface area contributed by atoms with Gasteiger partial charge < -0.3 is 9.84 Å². The van der Waals surface area contributed by atoms with Crippen LogP contribution in [0.3, 0.4) is 0 Å². The molecule has 0 bridgehead atoms. The number of methoxy groups -OCH3 is 1. The van der Waals surface area contributed by atoms with Crippen LogP contribution in [0.2, 0.25) is 5.02 Å². The van der Waals surface area contributed by atoms with Gasteiger partial charge in [-0.15, -0.1) is 0 Å². The molecule has 0 aliphatic carbocycles. The van der Waals surface area contributed by atoms with Gasteiger partial charge >= 0.3 is 0 Å². The van der Waals surface area contributed by atoms with Crippen LogP contribution in [0.15, 0.2) is 41.5 Å². The van der Waals surface area contributed by atoms with Gasteiger partial charge in [0, 0.05) is 5.56 Å². The van der Waals surface area contributed by atoms with E-state index < -0.39 is 0 Å². The Morgan fingerprint density at radius 3 is 2.91 bits per heavy atom. The van der Waals surface area contributed by atoms with E-state index >= 15 is 0 Å². The Morgan fingerprint density at radius 1 is 1.32 bits per heavy atom. The van der Waals surface area contributed by atoms with Crippen LogP contribution in [0.5, 0.6) is 11.5 Å². The molecule has 7 heteroatoms. The van der Waals surface area contributed by atoms with Crippen molar-refractivity contribution in [1.29, 1.82) is 0 Å². The molecule has 0 fully saturated rings. The second kappa shape index (κ2) is 6.21. The molecule has 0 aliphatic rings. The van der Waals surface area contributed by atoms with Crippen LogP contribution >= 0.6 is 22.9 Å². The molecule has 5 nitrogen and oxygen atoms in total. The molecule has 2 N–H and O–H groups in total. The second-order valence-corrected chi connectivity index (χ2v) is 5.78. The van der Waals surface area contributed by atoms with Crippen LogP contribution < -0.4 is 10.2 Å². The number of hydrazone groups is 1. The zero-order valence-electron chi connectivity index (χ0n) is 11.6. The number of aromatic nitrogens is 1. The Balaban J connectivity index is 1.78.